The van der Waals surface area contributed by atoms with Crippen molar-refractivity contribution in [2.45, 2.75) is 45.1 Å². The van der Waals surface area contributed by atoms with Crippen LogP contribution in [0, 0.1) is 0 Å². The lowest BCUT2D eigenvalue weighted by Gasteiger charge is -2.39. The minimum absolute atomic E-state index is 0.0807. The topological polar surface area (TPSA) is 53.4 Å². The molecule has 1 aliphatic carbocycles. The smallest absolute Gasteiger partial charge is 0.180 e. The highest BCUT2D eigenvalue weighted by Crippen LogP contribution is 2.29. The Kier molecular flexibility index (Phi) is 4.91. The largest absolute Gasteiger partial charge is 0.396 e. The average molecular weight is 262 g/mol. The molecular formula is C15H22N2O2. The van der Waals surface area contributed by atoms with Crippen LogP contribution in [0.3, 0.4) is 0 Å². The highest BCUT2D eigenvalue weighted by Gasteiger charge is 2.25. The van der Waals surface area contributed by atoms with Crippen LogP contribution in [0.15, 0.2) is 18.3 Å². The fourth-order valence-corrected chi connectivity index (χ4v) is 2.36. The van der Waals surface area contributed by atoms with Crippen molar-refractivity contribution in [3.8, 4) is 0 Å². The summed E-state index contributed by atoms with van der Waals surface area (Å²) in [6, 6.07) is 4.36. The van der Waals surface area contributed by atoms with E-state index in [9.17, 15) is 4.79 Å². The Labute approximate surface area is 114 Å². The predicted molar refractivity (Wildman–Crippen MR) is 75.5 cm³/mol. The molecule has 0 aromatic carbocycles. The normalized spacial score (nSPS) is 15.1. The summed E-state index contributed by atoms with van der Waals surface area (Å²) >= 11 is 0. The number of carbonyl (C=O) groups excluding carboxylic acids is 1. The molecule has 4 nitrogen and oxygen atoms in total. The third kappa shape index (κ3) is 3.32. The summed E-state index contributed by atoms with van der Waals surface area (Å²) in [6.07, 6.45) is 6.75. The van der Waals surface area contributed by atoms with Crippen molar-refractivity contribution in [3.05, 3.63) is 24.0 Å². The molecule has 0 aliphatic heterocycles. The molecule has 19 heavy (non-hydrogen) atoms. The van der Waals surface area contributed by atoms with Gasteiger partial charge in [0.2, 0.25) is 0 Å². The summed E-state index contributed by atoms with van der Waals surface area (Å²) in [6.45, 7) is 2.91. The number of carbonyl (C=O) groups is 1. The summed E-state index contributed by atoms with van der Waals surface area (Å²) in [5.41, 5.74) is 1.60. The molecule has 1 aromatic rings. The second-order valence-corrected chi connectivity index (χ2v) is 5.03. The van der Waals surface area contributed by atoms with E-state index in [-0.39, 0.29) is 12.4 Å². The Morgan fingerprint density at radius 1 is 1.47 bits per heavy atom. The van der Waals surface area contributed by atoms with Gasteiger partial charge < -0.3 is 10.0 Å². The molecule has 1 fully saturated rings. The summed E-state index contributed by atoms with van der Waals surface area (Å²) in [4.78, 5) is 18.1. The summed E-state index contributed by atoms with van der Waals surface area (Å²) in [7, 11) is 0. The maximum atomic E-state index is 11.6. The molecular weight excluding hydrogens is 240 g/mol. The Morgan fingerprint density at radius 2 is 2.26 bits per heavy atom. The molecule has 0 atom stereocenters. The average Bonchev–Trinajstić information content (AvgIpc) is 2.40. The van der Waals surface area contributed by atoms with Crippen molar-refractivity contribution in [2.75, 3.05) is 18.1 Å². The van der Waals surface area contributed by atoms with Gasteiger partial charge >= 0.3 is 0 Å². The number of ketones is 1. The van der Waals surface area contributed by atoms with Gasteiger partial charge in [-0.3, -0.25) is 9.78 Å². The number of hydrogen-bond acceptors (Lipinski definition) is 4. The predicted octanol–water partition coefficient (Wildman–Crippen LogP) is 2.42. The van der Waals surface area contributed by atoms with Crippen LogP contribution in [0.2, 0.25) is 0 Å². The van der Waals surface area contributed by atoms with Crippen molar-refractivity contribution in [2.24, 2.45) is 0 Å². The number of aliphatic hydroxyl groups excluding tert-OH is 1. The van der Waals surface area contributed by atoms with Gasteiger partial charge in [-0.25, -0.2) is 0 Å². The van der Waals surface area contributed by atoms with Crippen LogP contribution in [0.5, 0.6) is 0 Å². The van der Waals surface area contributed by atoms with Crippen molar-refractivity contribution in [1.82, 2.24) is 4.98 Å². The molecule has 4 heteroatoms. The number of pyridine rings is 1. The second kappa shape index (κ2) is 6.66. The molecule has 1 saturated carbocycles. The van der Waals surface area contributed by atoms with E-state index in [4.69, 9.17) is 5.11 Å². The third-order valence-electron chi connectivity index (χ3n) is 3.76. The first-order valence-electron chi connectivity index (χ1n) is 7.13. The Morgan fingerprint density at radius 3 is 2.74 bits per heavy atom. The standard InChI is InChI=1S/C15H22N2O2/c1-2-15(19)14-8-7-13(11-16-14)17(9-4-10-18)12-5-3-6-12/h7-8,11-12,18H,2-6,9-10H2,1H3. The molecule has 0 bridgehead atoms. The number of rotatable bonds is 7. The number of nitrogens with zero attached hydrogens (tertiary/aromatic N) is 2. The van der Waals surface area contributed by atoms with E-state index in [0.29, 0.717) is 18.2 Å². The highest BCUT2D eigenvalue weighted by molar-refractivity contribution is 5.94. The highest BCUT2D eigenvalue weighted by atomic mass is 16.3. The van der Waals surface area contributed by atoms with Gasteiger partial charge in [0.25, 0.3) is 0 Å². The Bertz CT molecular complexity index is 413. The summed E-state index contributed by atoms with van der Waals surface area (Å²) in [5, 5.41) is 9.00. The fraction of sp³-hybridized carbons (Fsp3) is 0.600. The molecule has 0 radical (unpaired) electrons. The molecule has 1 N–H and O–H groups in total. The van der Waals surface area contributed by atoms with Gasteiger partial charge in [0.1, 0.15) is 5.69 Å². The molecule has 0 amide bonds. The van der Waals surface area contributed by atoms with Crippen LogP contribution in [0.25, 0.3) is 0 Å². The van der Waals surface area contributed by atoms with Crippen LogP contribution >= 0.6 is 0 Å². The number of Topliss-reactive ketones (excluding diaryl/α,β-unsaturated/α-hetero) is 1. The van der Waals surface area contributed by atoms with E-state index in [1.165, 1.54) is 19.3 Å². The molecule has 1 heterocycles. The Hall–Kier alpha value is -1.42. The fourth-order valence-electron chi connectivity index (χ4n) is 2.36. The van der Waals surface area contributed by atoms with E-state index >= 15 is 0 Å². The number of hydrogen-bond donors (Lipinski definition) is 1. The van der Waals surface area contributed by atoms with Gasteiger partial charge in [0.15, 0.2) is 5.78 Å². The SMILES string of the molecule is CCC(=O)c1ccc(N(CCCO)C2CCC2)cn1. The van der Waals surface area contributed by atoms with E-state index in [1.54, 1.807) is 6.20 Å². The quantitative estimate of drug-likeness (QED) is 0.767. The molecule has 0 unspecified atom stereocenters. The van der Waals surface area contributed by atoms with Gasteiger partial charge in [0, 0.05) is 25.6 Å². The monoisotopic (exact) mass is 262 g/mol. The lowest BCUT2D eigenvalue weighted by molar-refractivity contribution is 0.0983. The number of aliphatic hydroxyl groups is 1. The first-order valence-corrected chi connectivity index (χ1v) is 7.13. The van der Waals surface area contributed by atoms with Gasteiger partial charge in [0.05, 0.1) is 11.9 Å². The van der Waals surface area contributed by atoms with Crippen molar-refractivity contribution in [1.29, 1.82) is 0 Å². The van der Waals surface area contributed by atoms with Crippen LogP contribution < -0.4 is 4.90 Å². The van der Waals surface area contributed by atoms with E-state index in [0.717, 1.165) is 18.7 Å². The van der Waals surface area contributed by atoms with Crippen molar-refractivity contribution >= 4 is 11.5 Å². The second-order valence-electron chi connectivity index (χ2n) is 5.03. The van der Waals surface area contributed by atoms with E-state index in [1.807, 2.05) is 19.1 Å². The molecule has 1 aliphatic rings. The minimum Gasteiger partial charge on any atom is -0.396 e. The number of anilines is 1. The molecule has 0 saturated heterocycles. The third-order valence-corrected chi connectivity index (χ3v) is 3.76. The summed E-state index contributed by atoms with van der Waals surface area (Å²) in [5.74, 6) is 0.0807. The summed E-state index contributed by atoms with van der Waals surface area (Å²) < 4.78 is 0. The lowest BCUT2D eigenvalue weighted by Crippen LogP contribution is -2.41. The van der Waals surface area contributed by atoms with Crippen LogP contribution in [-0.2, 0) is 0 Å². The van der Waals surface area contributed by atoms with Gasteiger partial charge in [-0.05, 0) is 37.8 Å². The lowest BCUT2D eigenvalue weighted by atomic mass is 9.91. The Balaban J connectivity index is 2.09. The first kappa shape index (κ1) is 14.0. The van der Waals surface area contributed by atoms with Crippen molar-refractivity contribution < 1.29 is 9.90 Å². The van der Waals surface area contributed by atoms with Crippen molar-refractivity contribution in [3.63, 3.8) is 0 Å². The van der Waals surface area contributed by atoms with Gasteiger partial charge in [-0.1, -0.05) is 6.92 Å². The zero-order valence-corrected chi connectivity index (χ0v) is 11.5. The van der Waals surface area contributed by atoms with Crippen LogP contribution in [0.4, 0.5) is 5.69 Å². The molecule has 2 rings (SSSR count). The zero-order valence-electron chi connectivity index (χ0n) is 11.5. The minimum atomic E-state index is 0.0807. The van der Waals surface area contributed by atoms with E-state index in [2.05, 4.69) is 9.88 Å². The molecule has 1 aromatic heterocycles. The first-order chi connectivity index (χ1) is 9.26. The molecule has 0 spiro atoms. The maximum absolute atomic E-state index is 11.6. The number of aromatic nitrogens is 1. The van der Waals surface area contributed by atoms with Gasteiger partial charge in [-0.15, -0.1) is 0 Å². The maximum Gasteiger partial charge on any atom is 0.180 e. The molecule has 104 valence electrons. The van der Waals surface area contributed by atoms with Crippen LogP contribution in [-0.4, -0.2) is 35.1 Å². The van der Waals surface area contributed by atoms with Gasteiger partial charge in [-0.2, -0.15) is 0 Å². The zero-order chi connectivity index (χ0) is 13.7. The van der Waals surface area contributed by atoms with E-state index < -0.39 is 0 Å². The van der Waals surface area contributed by atoms with Crippen LogP contribution in [0.1, 0.15) is 49.5 Å².